The predicted octanol–water partition coefficient (Wildman–Crippen LogP) is 3.34. The number of amides is 2. The van der Waals surface area contributed by atoms with Crippen LogP contribution in [0, 0.1) is 6.92 Å². The second kappa shape index (κ2) is 12.0. The number of aryl methyl sites for hydroxylation is 1. The molecule has 1 aliphatic heterocycles. The van der Waals surface area contributed by atoms with E-state index in [9.17, 15) is 23.2 Å². The number of hydrogen-bond donors (Lipinski definition) is 2. The molecule has 0 spiro atoms. The van der Waals surface area contributed by atoms with Crippen LogP contribution >= 0.6 is 0 Å². The maximum atomic E-state index is 12.9. The van der Waals surface area contributed by atoms with Gasteiger partial charge in [0.1, 0.15) is 0 Å². The number of anilines is 1. The lowest BCUT2D eigenvalue weighted by Crippen LogP contribution is -2.44. The number of piperidine rings is 1. The van der Waals surface area contributed by atoms with E-state index < -0.39 is 21.7 Å². The number of carbonyl (C=O) groups excluding carboxylic acids is 2. The lowest BCUT2D eigenvalue weighted by Gasteiger charge is -2.31. The van der Waals surface area contributed by atoms with Crippen LogP contribution in [0.3, 0.4) is 0 Å². The number of hydroxylamine groups is 2. The molecule has 1 saturated heterocycles. The van der Waals surface area contributed by atoms with Crippen molar-refractivity contribution in [2.45, 2.75) is 39.4 Å². The van der Waals surface area contributed by atoms with Gasteiger partial charge in [-0.15, -0.1) is 0 Å². The zero-order valence-electron chi connectivity index (χ0n) is 21.5. The molecule has 2 N–H and O–H groups in total. The first-order valence-electron chi connectivity index (χ1n) is 12.5. The quantitative estimate of drug-likeness (QED) is 0.315. The van der Waals surface area contributed by atoms with E-state index in [4.69, 9.17) is 4.74 Å². The highest BCUT2D eigenvalue weighted by molar-refractivity contribution is 7.89. The summed E-state index contributed by atoms with van der Waals surface area (Å²) < 4.78 is 33.2. The Bertz CT molecular complexity index is 1400. The van der Waals surface area contributed by atoms with Gasteiger partial charge in [-0.3, -0.25) is 19.8 Å². The van der Waals surface area contributed by atoms with Crippen LogP contribution in [0.4, 0.5) is 5.69 Å². The van der Waals surface area contributed by atoms with Crippen LogP contribution in [0.1, 0.15) is 41.4 Å². The molecule has 1 fully saturated rings. The Morgan fingerprint density at radius 2 is 1.82 bits per heavy atom. The van der Waals surface area contributed by atoms with Crippen molar-refractivity contribution in [3.63, 3.8) is 0 Å². The molecule has 2 heterocycles. The molecule has 1 aliphatic rings. The van der Waals surface area contributed by atoms with Gasteiger partial charge in [0, 0.05) is 42.3 Å². The molecule has 0 saturated carbocycles. The second-order valence-corrected chi connectivity index (χ2v) is 11.4. The van der Waals surface area contributed by atoms with Gasteiger partial charge in [-0.05, 0) is 61.7 Å². The number of hydrogen-bond acceptors (Lipinski definition) is 7. The zero-order valence-corrected chi connectivity index (χ0v) is 22.3. The number of carbonyl (C=O) groups is 2. The molecule has 4 rings (SSSR count). The minimum Gasteiger partial charge on any atom is -0.373 e. The van der Waals surface area contributed by atoms with Crippen LogP contribution in [-0.4, -0.2) is 71.3 Å². The average Bonchev–Trinajstić information content (AvgIpc) is 2.90. The van der Waals surface area contributed by atoms with Crippen molar-refractivity contribution in [3.8, 4) is 0 Å². The monoisotopic (exact) mass is 540 g/mol. The van der Waals surface area contributed by atoms with Crippen molar-refractivity contribution >= 4 is 38.4 Å². The lowest BCUT2D eigenvalue weighted by atomic mass is 10.1. The molecule has 3 aromatic rings. The third-order valence-electron chi connectivity index (χ3n) is 6.45. The predicted molar refractivity (Wildman–Crippen MR) is 143 cm³/mol. The number of rotatable bonds is 9. The summed E-state index contributed by atoms with van der Waals surface area (Å²) in [6, 6.07) is 15.9. The van der Waals surface area contributed by atoms with Gasteiger partial charge in [-0.1, -0.05) is 18.2 Å². The number of aromatic nitrogens is 1. The number of ether oxygens (including phenoxy) is 1. The van der Waals surface area contributed by atoms with Crippen LogP contribution in [0.5, 0.6) is 0 Å². The fourth-order valence-electron chi connectivity index (χ4n) is 4.48. The Morgan fingerprint density at radius 3 is 2.50 bits per heavy atom. The Kier molecular flexibility index (Phi) is 8.72. The number of fused-ring (bicyclic) bond motifs is 1. The molecular weight excluding hydrogens is 508 g/mol. The first-order chi connectivity index (χ1) is 18.1. The largest absolute Gasteiger partial charge is 0.373 e. The molecule has 0 bridgehead atoms. The molecule has 0 aliphatic carbocycles. The highest BCUT2D eigenvalue weighted by Crippen LogP contribution is 2.23. The van der Waals surface area contributed by atoms with Gasteiger partial charge in [0.2, 0.25) is 15.9 Å². The van der Waals surface area contributed by atoms with E-state index in [0.29, 0.717) is 43.3 Å². The highest BCUT2D eigenvalue weighted by atomic mass is 32.2. The number of benzene rings is 2. The molecular formula is C27H32N4O6S. The second-order valence-electron chi connectivity index (χ2n) is 9.35. The molecule has 0 unspecified atom stereocenters. The van der Waals surface area contributed by atoms with Crippen LogP contribution < -0.4 is 5.32 Å². The number of nitrogens with one attached hydrogen (secondary N) is 1. The van der Waals surface area contributed by atoms with Gasteiger partial charge in [0.05, 0.1) is 30.5 Å². The summed E-state index contributed by atoms with van der Waals surface area (Å²) in [7, 11) is -3.67. The molecule has 10 nitrogen and oxygen atoms in total. The fourth-order valence-corrected chi connectivity index (χ4v) is 5.91. The van der Waals surface area contributed by atoms with Crippen LogP contribution in [0.15, 0.2) is 54.6 Å². The van der Waals surface area contributed by atoms with Crippen molar-refractivity contribution in [1.82, 2.24) is 14.4 Å². The van der Waals surface area contributed by atoms with Crippen molar-refractivity contribution in [2.24, 2.45) is 0 Å². The van der Waals surface area contributed by atoms with Crippen molar-refractivity contribution in [2.75, 3.05) is 30.7 Å². The summed E-state index contributed by atoms with van der Waals surface area (Å²) in [6.45, 7) is 4.01. The number of para-hydroxylation sites is 1. The smallest absolute Gasteiger partial charge is 0.277 e. The van der Waals surface area contributed by atoms with E-state index in [2.05, 4.69) is 10.3 Å². The summed E-state index contributed by atoms with van der Waals surface area (Å²) in [4.78, 5) is 28.1. The molecule has 0 radical (unpaired) electrons. The van der Waals surface area contributed by atoms with Gasteiger partial charge in [0.25, 0.3) is 5.91 Å². The maximum absolute atomic E-state index is 12.9. The third kappa shape index (κ3) is 6.93. The molecule has 2 aromatic carbocycles. The van der Waals surface area contributed by atoms with Crippen LogP contribution in [-0.2, 0) is 26.2 Å². The summed E-state index contributed by atoms with van der Waals surface area (Å²) in [5.41, 5.74) is 3.58. The van der Waals surface area contributed by atoms with Crippen molar-refractivity contribution < 1.29 is 28.0 Å². The Balaban J connectivity index is 1.25. The number of sulfonamides is 1. The van der Waals surface area contributed by atoms with Crippen molar-refractivity contribution in [1.29, 1.82) is 0 Å². The number of pyridine rings is 1. The van der Waals surface area contributed by atoms with E-state index in [1.807, 2.05) is 37.3 Å². The number of nitrogens with zero attached hydrogens (tertiary/aromatic N) is 3. The average molecular weight is 541 g/mol. The van der Waals surface area contributed by atoms with E-state index in [1.54, 1.807) is 0 Å². The summed E-state index contributed by atoms with van der Waals surface area (Å²) >= 11 is 0. The summed E-state index contributed by atoms with van der Waals surface area (Å²) in [6.07, 6.45) is 1.05. The maximum Gasteiger partial charge on any atom is 0.277 e. The molecule has 11 heteroatoms. The normalized spacial score (nSPS) is 14.9. The zero-order chi connectivity index (χ0) is 27.3. The first-order valence-corrected chi connectivity index (χ1v) is 14.1. The molecule has 38 heavy (non-hydrogen) atoms. The summed E-state index contributed by atoms with van der Waals surface area (Å²) in [5.74, 6) is -1.36. The third-order valence-corrected chi connectivity index (χ3v) is 8.30. The Labute approximate surface area is 222 Å². The van der Waals surface area contributed by atoms with Gasteiger partial charge in [-0.2, -0.15) is 0 Å². The Hall–Kier alpha value is -3.38. The first kappa shape index (κ1) is 27.6. The van der Waals surface area contributed by atoms with E-state index in [1.165, 1.54) is 35.5 Å². The molecule has 2 amide bonds. The standard InChI is InChI=1S/C27H32N4O6S/c1-19-17-22(25-5-3-4-6-26(25)28-19)18-37-24-11-13-30(14-12-24)38(35,36)16-15-31(34)27(33)21-7-9-23(10-8-21)29-20(2)32/h3-10,17,24,34H,11-16,18H2,1-2H3,(H,29,32). The van der Waals surface area contributed by atoms with Gasteiger partial charge in [0.15, 0.2) is 0 Å². The molecule has 1 aromatic heterocycles. The highest BCUT2D eigenvalue weighted by Gasteiger charge is 2.29. The van der Waals surface area contributed by atoms with E-state index >= 15 is 0 Å². The SMILES string of the molecule is CC(=O)Nc1ccc(C(=O)N(O)CCS(=O)(=O)N2CCC(OCc3cc(C)nc4ccccc34)CC2)cc1. The Morgan fingerprint density at radius 1 is 1.13 bits per heavy atom. The topological polar surface area (TPSA) is 129 Å². The van der Waals surface area contributed by atoms with Gasteiger partial charge >= 0.3 is 0 Å². The van der Waals surface area contributed by atoms with Crippen molar-refractivity contribution in [3.05, 3.63) is 71.4 Å². The summed E-state index contributed by atoms with van der Waals surface area (Å²) in [5, 5.41) is 14.2. The molecule has 0 atom stereocenters. The van der Waals surface area contributed by atoms with Crippen LogP contribution in [0.25, 0.3) is 10.9 Å². The molecule has 202 valence electrons. The van der Waals surface area contributed by atoms with Gasteiger partial charge < -0.3 is 10.1 Å². The fraction of sp³-hybridized carbons (Fsp3) is 0.370. The minimum absolute atomic E-state index is 0.0648. The van der Waals surface area contributed by atoms with E-state index in [-0.39, 0.29) is 24.1 Å². The van der Waals surface area contributed by atoms with E-state index in [0.717, 1.165) is 22.2 Å². The van der Waals surface area contributed by atoms with Crippen LogP contribution in [0.2, 0.25) is 0 Å². The lowest BCUT2D eigenvalue weighted by molar-refractivity contribution is -0.114. The van der Waals surface area contributed by atoms with Gasteiger partial charge in [-0.25, -0.2) is 17.8 Å². The minimum atomic E-state index is -3.67.